The summed E-state index contributed by atoms with van der Waals surface area (Å²) in [6, 6.07) is 19.3. The van der Waals surface area contributed by atoms with Gasteiger partial charge in [0.2, 0.25) is 11.8 Å². The molecule has 166 valence electrons. The third kappa shape index (κ3) is 5.17. The predicted molar refractivity (Wildman–Crippen MR) is 123 cm³/mol. The smallest absolute Gasteiger partial charge is 0.253 e. The Morgan fingerprint density at radius 1 is 0.562 bits per heavy atom. The van der Waals surface area contributed by atoms with Gasteiger partial charge in [-0.15, -0.1) is 0 Å². The highest BCUT2D eigenvalue weighted by molar-refractivity contribution is 5.97. The normalized spacial score (nSPS) is 17.0. The first-order valence-corrected chi connectivity index (χ1v) is 11.0. The van der Waals surface area contributed by atoms with Gasteiger partial charge >= 0.3 is 0 Å². The summed E-state index contributed by atoms with van der Waals surface area (Å²) >= 11 is 0. The number of carbonyl (C=O) groups excluding carboxylic acids is 3. The number of benzene rings is 2. The van der Waals surface area contributed by atoms with E-state index in [-0.39, 0.29) is 17.7 Å². The van der Waals surface area contributed by atoms with Crippen LogP contribution in [-0.2, 0) is 9.59 Å². The topological polar surface area (TPSA) is 64.2 Å². The van der Waals surface area contributed by atoms with E-state index in [0.717, 1.165) is 18.8 Å². The van der Waals surface area contributed by atoms with E-state index in [2.05, 4.69) is 17.0 Å². The van der Waals surface area contributed by atoms with Crippen molar-refractivity contribution in [2.24, 2.45) is 0 Å². The highest BCUT2D eigenvalue weighted by Gasteiger charge is 2.24. The lowest BCUT2D eigenvalue weighted by molar-refractivity contribution is -0.129. The van der Waals surface area contributed by atoms with Crippen LogP contribution in [0.4, 0.5) is 5.69 Å². The lowest BCUT2D eigenvalue weighted by atomic mass is 10.2. The average Bonchev–Trinajstić information content (AvgIpc) is 2.88. The van der Waals surface area contributed by atoms with Gasteiger partial charge < -0.3 is 19.6 Å². The summed E-state index contributed by atoms with van der Waals surface area (Å²) in [4.78, 5) is 45.1. The molecule has 2 aromatic rings. The minimum atomic E-state index is -0.187. The third-order valence-corrected chi connectivity index (χ3v) is 5.98. The van der Waals surface area contributed by atoms with E-state index < -0.39 is 0 Å². The molecular weight excluding hydrogens is 404 g/mol. The zero-order valence-corrected chi connectivity index (χ0v) is 18.1. The summed E-state index contributed by atoms with van der Waals surface area (Å²) < 4.78 is 0. The van der Waals surface area contributed by atoms with Crippen molar-refractivity contribution in [1.82, 2.24) is 14.7 Å². The van der Waals surface area contributed by atoms with Crippen LogP contribution in [-0.4, -0.2) is 84.8 Å². The molecule has 2 saturated heterocycles. The summed E-state index contributed by atoms with van der Waals surface area (Å²) in [5, 5.41) is 0. The van der Waals surface area contributed by atoms with Gasteiger partial charge in [-0.25, -0.2) is 0 Å². The van der Waals surface area contributed by atoms with Gasteiger partial charge in [0.15, 0.2) is 0 Å². The van der Waals surface area contributed by atoms with Crippen LogP contribution in [0.1, 0.15) is 10.4 Å². The van der Waals surface area contributed by atoms with Crippen molar-refractivity contribution in [1.29, 1.82) is 0 Å². The van der Waals surface area contributed by atoms with Crippen molar-refractivity contribution < 1.29 is 14.4 Å². The molecule has 4 rings (SSSR count). The van der Waals surface area contributed by atoms with Crippen molar-refractivity contribution in [3.63, 3.8) is 0 Å². The maximum Gasteiger partial charge on any atom is 0.253 e. The molecule has 2 aliphatic rings. The van der Waals surface area contributed by atoms with Crippen molar-refractivity contribution >= 4 is 23.4 Å². The summed E-state index contributed by atoms with van der Waals surface area (Å²) in [5.74, 6) is -0.338. The van der Waals surface area contributed by atoms with Crippen LogP contribution in [0.15, 0.2) is 72.8 Å². The number of carbonyl (C=O) groups is 3. The van der Waals surface area contributed by atoms with Gasteiger partial charge in [-0.2, -0.15) is 0 Å². The Hall–Kier alpha value is -3.61. The van der Waals surface area contributed by atoms with Gasteiger partial charge in [0.25, 0.3) is 5.91 Å². The van der Waals surface area contributed by atoms with E-state index in [1.807, 2.05) is 36.4 Å². The molecule has 2 fully saturated rings. The molecule has 0 spiro atoms. The molecule has 0 aliphatic carbocycles. The number of amides is 3. The fourth-order valence-electron chi connectivity index (χ4n) is 4.07. The second-order valence-electron chi connectivity index (χ2n) is 7.96. The Bertz CT molecular complexity index is 961. The fraction of sp³-hybridized carbons (Fsp3) is 0.320. The summed E-state index contributed by atoms with van der Waals surface area (Å²) in [6.45, 7) is 4.71. The molecule has 2 aromatic carbocycles. The van der Waals surface area contributed by atoms with Crippen LogP contribution in [0.5, 0.6) is 0 Å². The van der Waals surface area contributed by atoms with Crippen molar-refractivity contribution in [3.8, 4) is 0 Å². The summed E-state index contributed by atoms with van der Waals surface area (Å²) in [7, 11) is 0. The molecular formula is C25H28N4O3. The average molecular weight is 433 g/mol. The van der Waals surface area contributed by atoms with E-state index in [0.29, 0.717) is 44.8 Å². The second kappa shape index (κ2) is 10.1. The van der Waals surface area contributed by atoms with Crippen molar-refractivity contribution in [2.45, 2.75) is 0 Å². The fourth-order valence-corrected chi connectivity index (χ4v) is 4.07. The molecule has 0 radical (unpaired) electrons. The molecule has 0 saturated carbocycles. The van der Waals surface area contributed by atoms with E-state index in [1.165, 1.54) is 12.2 Å². The molecule has 32 heavy (non-hydrogen) atoms. The minimum Gasteiger partial charge on any atom is -0.368 e. The number of hydrogen-bond donors (Lipinski definition) is 0. The van der Waals surface area contributed by atoms with Crippen molar-refractivity contribution in [3.05, 3.63) is 78.4 Å². The maximum atomic E-state index is 12.5. The monoisotopic (exact) mass is 432 g/mol. The Labute approximate surface area is 188 Å². The number of nitrogens with zero attached hydrogens (tertiary/aromatic N) is 4. The molecule has 0 unspecified atom stereocenters. The Balaban J connectivity index is 1.22. The van der Waals surface area contributed by atoms with E-state index in [4.69, 9.17) is 0 Å². The maximum absolute atomic E-state index is 12.5. The van der Waals surface area contributed by atoms with E-state index in [9.17, 15) is 14.4 Å². The van der Waals surface area contributed by atoms with Gasteiger partial charge in [0.05, 0.1) is 0 Å². The first-order chi connectivity index (χ1) is 15.6. The molecule has 0 bridgehead atoms. The van der Waals surface area contributed by atoms with E-state index in [1.54, 1.807) is 26.8 Å². The lowest BCUT2D eigenvalue weighted by Crippen LogP contribution is -2.50. The van der Waals surface area contributed by atoms with Crippen LogP contribution >= 0.6 is 0 Å². The molecule has 0 atom stereocenters. The van der Waals surface area contributed by atoms with Gasteiger partial charge in [0.1, 0.15) is 0 Å². The van der Waals surface area contributed by atoms with Crippen LogP contribution in [0, 0.1) is 0 Å². The molecule has 2 aliphatic heterocycles. The van der Waals surface area contributed by atoms with Gasteiger partial charge in [-0.1, -0.05) is 36.4 Å². The molecule has 2 heterocycles. The third-order valence-electron chi connectivity index (χ3n) is 5.98. The Morgan fingerprint density at radius 2 is 1.00 bits per heavy atom. The van der Waals surface area contributed by atoms with Gasteiger partial charge in [0, 0.05) is 75.8 Å². The van der Waals surface area contributed by atoms with Crippen LogP contribution < -0.4 is 4.90 Å². The summed E-state index contributed by atoms with van der Waals surface area (Å²) in [5.41, 5.74) is 1.82. The van der Waals surface area contributed by atoms with Crippen LogP contribution in [0.3, 0.4) is 0 Å². The number of hydrogen-bond acceptors (Lipinski definition) is 4. The van der Waals surface area contributed by atoms with Gasteiger partial charge in [-0.05, 0) is 24.3 Å². The number of rotatable bonds is 4. The van der Waals surface area contributed by atoms with E-state index >= 15 is 0 Å². The molecule has 3 amide bonds. The quantitative estimate of drug-likeness (QED) is 0.692. The largest absolute Gasteiger partial charge is 0.368 e. The van der Waals surface area contributed by atoms with Crippen molar-refractivity contribution in [2.75, 3.05) is 57.3 Å². The van der Waals surface area contributed by atoms with Gasteiger partial charge in [-0.3, -0.25) is 14.4 Å². The van der Waals surface area contributed by atoms with Crippen LogP contribution in [0.2, 0.25) is 0 Å². The number of anilines is 1. The molecule has 7 heteroatoms. The zero-order valence-electron chi connectivity index (χ0n) is 18.1. The Morgan fingerprint density at radius 3 is 1.53 bits per heavy atom. The summed E-state index contributed by atoms with van der Waals surface area (Å²) in [6.07, 6.45) is 2.74. The first-order valence-electron chi connectivity index (χ1n) is 11.0. The molecule has 7 nitrogen and oxygen atoms in total. The number of para-hydroxylation sites is 1. The minimum absolute atomic E-state index is 0.0157. The molecule has 0 N–H and O–H groups in total. The Kier molecular flexibility index (Phi) is 6.84. The molecule has 0 aromatic heterocycles. The predicted octanol–water partition coefficient (Wildman–Crippen LogP) is 1.88. The SMILES string of the molecule is O=C(C=CC(=O)N1CCN(c2ccccc2)CC1)N1CCN(C(=O)c2ccccc2)CC1. The second-order valence-corrected chi connectivity index (χ2v) is 7.96. The first kappa shape index (κ1) is 21.6. The zero-order chi connectivity index (χ0) is 22.3. The highest BCUT2D eigenvalue weighted by Crippen LogP contribution is 2.16. The van der Waals surface area contributed by atoms with Crippen LogP contribution in [0.25, 0.3) is 0 Å². The number of piperazine rings is 2. The lowest BCUT2D eigenvalue weighted by Gasteiger charge is -2.36. The standard InChI is InChI=1S/C25H28N4O3/c30-23(27-15-13-26(14-16-27)22-9-5-2-6-10-22)11-12-24(31)28-17-19-29(20-18-28)25(32)21-7-3-1-4-8-21/h1-12H,13-20H2. The highest BCUT2D eigenvalue weighted by atomic mass is 16.2.